The van der Waals surface area contributed by atoms with Crippen LogP contribution in [0, 0.1) is 0 Å². The number of aromatic nitrogens is 1. The lowest BCUT2D eigenvalue weighted by Crippen LogP contribution is -2.24. The molecule has 1 heterocycles. The summed E-state index contributed by atoms with van der Waals surface area (Å²) in [4.78, 5) is 5.07. The van der Waals surface area contributed by atoms with E-state index in [0.29, 0.717) is 0 Å². The fourth-order valence-corrected chi connectivity index (χ4v) is 8.21. The van der Waals surface area contributed by atoms with Gasteiger partial charge in [0.2, 0.25) is 0 Å². The van der Waals surface area contributed by atoms with E-state index in [4.69, 9.17) is 4.98 Å². The Hall–Kier alpha value is -4.78. The van der Waals surface area contributed by atoms with Crippen LogP contribution in [0.2, 0.25) is 0 Å². The third-order valence-corrected chi connectivity index (χ3v) is 10.6. The summed E-state index contributed by atoms with van der Waals surface area (Å²) in [7, 11) is -3.04. The molecule has 0 radical (unpaired) electrons. The van der Waals surface area contributed by atoms with Crippen molar-refractivity contribution in [3.63, 3.8) is 0 Å². The largest absolute Gasteiger partial charge is 0.309 e. The summed E-state index contributed by atoms with van der Waals surface area (Å²) in [6, 6.07) is 53.1. The maximum absolute atomic E-state index is 14.9. The zero-order valence-corrected chi connectivity index (χ0v) is 22.7. The molecule has 7 rings (SSSR count). The van der Waals surface area contributed by atoms with E-state index in [-0.39, 0.29) is 0 Å². The zero-order valence-electron chi connectivity index (χ0n) is 21.8. The third-order valence-electron chi connectivity index (χ3n) is 7.55. The van der Waals surface area contributed by atoms with Crippen LogP contribution >= 0.6 is 7.14 Å². The van der Waals surface area contributed by atoms with Gasteiger partial charge in [-0.1, -0.05) is 146 Å². The van der Waals surface area contributed by atoms with E-state index in [1.54, 1.807) is 0 Å². The Kier molecular flexibility index (Phi) is 6.11. The highest BCUT2D eigenvalue weighted by Crippen LogP contribution is 2.43. The summed E-state index contributed by atoms with van der Waals surface area (Å²) in [5.74, 6) is 0. The van der Waals surface area contributed by atoms with Crippen LogP contribution in [0.1, 0.15) is 0 Å². The smallest absolute Gasteiger partial charge is 0.171 e. The minimum atomic E-state index is -3.04. The van der Waals surface area contributed by atoms with Crippen molar-refractivity contribution in [2.24, 2.45) is 0 Å². The van der Waals surface area contributed by atoms with E-state index in [9.17, 15) is 4.57 Å². The lowest BCUT2D eigenvalue weighted by Gasteiger charge is -2.20. The normalized spacial score (nSPS) is 11.6. The molecule has 0 saturated heterocycles. The molecular formula is C37H26NOP. The van der Waals surface area contributed by atoms with Crippen molar-refractivity contribution in [1.82, 2.24) is 4.98 Å². The lowest BCUT2D eigenvalue weighted by atomic mass is 9.94. The first-order valence-corrected chi connectivity index (χ1v) is 15.1. The molecule has 3 heteroatoms. The first-order chi connectivity index (χ1) is 19.7. The van der Waals surface area contributed by atoms with Gasteiger partial charge in [-0.3, -0.25) is 0 Å². The van der Waals surface area contributed by atoms with Crippen LogP contribution in [0.3, 0.4) is 0 Å². The van der Waals surface area contributed by atoms with Crippen LogP contribution in [-0.2, 0) is 4.57 Å². The predicted octanol–water partition coefficient (Wildman–Crippen LogP) is 8.36. The lowest BCUT2D eigenvalue weighted by molar-refractivity contribution is 0.592. The molecule has 6 aromatic carbocycles. The Morgan fingerprint density at radius 3 is 1.68 bits per heavy atom. The van der Waals surface area contributed by atoms with Crippen molar-refractivity contribution in [1.29, 1.82) is 0 Å². The molecule has 0 aliphatic heterocycles. The predicted molar refractivity (Wildman–Crippen MR) is 170 cm³/mol. The van der Waals surface area contributed by atoms with E-state index in [0.717, 1.165) is 49.2 Å². The second-order valence-corrected chi connectivity index (χ2v) is 12.7. The molecule has 0 unspecified atom stereocenters. The van der Waals surface area contributed by atoms with E-state index in [2.05, 4.69) is 66.7 Å². The van der Waals surface area contributed by atoms with Gasteiger partial charge in [0, 0.05) is 26.9 Å². The quantitative estimate of drug-likeness (QED) is 0.165. The van der Waals surface area contributed by atoms with Crippen molar-refractivity contribution in [3.05, 3.63) is 158 Å². The third kappa shape index (κ3) is 4.14. The summed E-state index contributed by atoms with van der Waals surface area (Å²) >= 11 is 0. The maximum atomic E-state index is 14.9. The van der Waals surface area contributed by atoms with Gasteiger partial charge in [-0.2, -0.15) is 0 Å². The van der Waals surface area contributed by atoms with Crippen molar-refractivity contribution in [2.75, 3.05) is 0 Å². The Balaban J connectivity index is 1.44. The average molecular weight is 532 g/mol. The van der Waals surface area contributed by atoms with E-state index >= 15 is 0 Å². The highest BCUT2D eigenvalue weighted by atomic mass is 31.2. The van der Waals surface area contributed by atoms with Gasteiger partial charge >= 0.3 is 0 Å². The second kappa shape index (κ2) is 10.1. The van der Waals surface area contributed by atoms with Crippen molar-refractivity contribution >= 4 is 44.7 Å². The minimum absolute atomic E-state index is 0.820. The monoisotopic (exact) mass is 531 g/mol. The molecule has 0 aliphatic carbocycles. The van der Waals surface area contributed by atoms with Crippen LogP contribution in [0.15, 0.2) is 158 Å². The fourth-order valence-electron chi connectivity index (χ4n) is 5.57. The Bertz CT molecular complexity index is 1960. The van der Waals surface area contributed by atoms with Crippen molar-refractivity contribution in [2.45, 2.75) is 0 Å². The Morgan fingerprint density at radius 1 is 0.475 bits per heavy atom. The maximum Gasteiger partial charge on any atom is 0.171 e. The molecule has 0 atom stereocenters. The number of benzene rings is 6. The highest BCUT2D eigenvalue weighted by molar-refractivity contribution is 7.85. The molecule has 40 heavy (non-hydrogen) atoms. The highest BCUT2D eigenvalue weighted by Gasteiger charge is 2.29. The summed E-state index contributed by atoms with van der Waals surface area (Å²) in [5, 5.41) is 5.96. The molecule has 0 aliphatic rings. The first kappa shape index (κ1) is 24.3. The summed E-state index contributed by atoms with van der Waals surface area (Å²) in [6.07, 6.45) is 0. The summed E-state index contributed by atoms with van der Waals surface area (Å²) < 4.78 is 14.9. The SMILES string of the molecule is O=P(c1ccccc1)(c1ccccc1)c1ccc(-c2cc(-c3ccccc3)nc3ccc4ccccc4c23)cc1. The van der Waals surface area contributed by atoms with Crippen LogP contribution < -0.4 is 15.9 Å². The Labute approximate surface area is 234 Å². The molecule has 0 saturated carbocycles. The molecule has 0 N–H and O–H groups in total. The van der Waals surface area contributed by atoms with E-state index in [1.807, 2.05) is 91.0 Å². The van der Waals surface area contributed by atoms with Crippen molar-refractivity contribution in [3.8, 4) is 22.4 Å². The van der Waals surface area contributed by atoms with E-state index in [1.165, 1.54) is 10.8 Å². The number of rotatable bonds is 5. The molecular weight excluding hydrogens is 505 g/mol. The minimum Gasteiger partial charge on any atom is -0.309 e. The summed E-state index contributed by atoms with van der Waals surface area (Å²) in [5.41, 5.74) is 5.15. The van der Waals surface area contributed by atoms with Crippen LogP contribution in [0.25, 0.3) is 44.1 Å². The zero-order chi connectivity index (χ0) is 26.9. The van der Waals surface area contributed by atoms with Gasteiger partial charge in [0.25, 0.3) is 0 Å². The molecule has 0 spiro atoms. The summed E-state index contributed by atoms with van der Waals surface area (Å²) in [6.45, 7) is 0. The second-order valence-electron chi connectivity index (χ2n) is 9.93. The van der Waals surface area contributed by atoms with Gasteiger partial charge in [0.15, 0.2) is 7.14 Å². The average Bonchev–Trinajstić information content (AvgIpc) is 3.05. The van der Waals surface area contributed by atoms with E-state index < -0.39 is 7.14 Å². The van der Waals surface area contributed by atoms with Crippen LogP contribution in [-0.4, -0.2) is 4.98 Å². The standard InChI is InChI=1S/C37H26NOP/c39-40(30-15-6-2-7-16-30,31-17-8-3-9-18-31)32-23-20-28(21-24-32)34-26-36(29-13-4-1-5-14-29)38-35-25-22-27-12-10-11-19-33(27)37(34)35/h1-26H. The molecule has 0 bridgehead atoms. The first-order valence-electron chi connectivity index (χ1n) is 13.4. The van der Waals surface area contributed by atoms with Gasteiger partial charge in [-0.05, 0) is 34.0 Å². The van der Waals surface area contributed by atoms with Gasteiger partial charge in [-0.15, -0.1) is 0 Å². The molecule has 0 fully saturated rings. The van der Waals surface area contributed by atoms with Gasteiger partial charge < -0.3 is 4.57 Å². The van der Waals surface area contributed by atoms with Crippen LogP contribution in [0.5, 0.6) is 0 Å². The molecule has 7 aromatic rings. The van der Waals surface area contributed by atoms with Gasteiger partial charge in [0.1, 0.15) is 0 Å². The Morgan fingerprint density at radius 2 is 1.02 bits per heavy atom. The molecule has 190 valence electrons. The number of nitrogens with zero attached hydrogens (tertiary/aromatic N) is 1. The molecule has 0 amide bonds. The van der Waals surface area contributed by atoms with Gasteiger partial charge in [-0.25, -0.2) is 4.98 Å². The number of pyridine rings is 1. The fraction of sp³-hybridized carbons (Fsp3) is 0. The van der Waals surface area contributed by atoms with Gasteiger partial charge in [0.05, 0.1) is 11.2 Å². The van der Waals surface area contributed by atoms with Crippen molar-refractivity contribution < 1.29 is 4.57 Å². The molecule has 2 nitrogen and oxygen atoms in total. The number of fused-ring (bicyclic) bond motifs is 3. The topological polar surface area (TPSA) is 30.0 Å². The number of hydrogen-bond acceptors (Lipinski definition) is 2. The van der Waals surface area contributed by atoms with Crippen LogP contribution in [0.4, 0.5) is 0 Å². The number of hydrogen-bond donors (Lipinski definition) is 0. The molecule has 1 aromatic heterocycles.